The van der Waals surface area contributed by atoms with Crippen molar-refractivity contribution >= 4 is 6.29 Å². The van der Waals surface area contributed by atoms with E-state index in [0.717, 1.165) is 12.8 Å². The van der Waals surface area contributed by atoms with Crippen molar-refractivity contribution in [1.82, 2.24) is 5.06 Å². The Bertz CT molecular complexity index is 428. The van der Waals surface area contributed by atoms with Crippen molar-refractivity contribution in [2.75, 3.05) is 6.61 Å². The van der Waals surface area contributed by atoms with Gasteiger partial charge in [-0.1, -0.05) is 49.6 Å². The van der Waals surface area contributed by atoms with Gasteiger partial charge in [-0.15, -0.1) is 0 Å². The predicted octanol–water partition coefficient (Wildman–Crippen LogP) is 3.20. The number of rotatable bonds is 4. The summed E-state index contributed by atoms with van der Waals surface area (Å²) in [5.41, 5.74) is 1.25. The molecular formula is C17H23NO2. The van der Waals surface area contributed by atoms with Gasteiger partial charge in [0, 0.05) is 6.54 Å². The number of hydroxylamine groups is 2. The Balaban J connectivity index is 1.73. The molecule has 1 saturated carbocycles. The van der Waals surface area contributed by atoms with Gasteiger partial charge in [0.2, 0.25) is 0 Å². The molecule has 0 aromatic heterocycles. The molecule has 3 heteroatoms. The summed E-state index contributed by atoms with van der Waals surface area (Å²) in [5.74, 6) is 0.659. The molecule has 0 unspecified atom stereocenters. The Morgan fingerprint density at radius 2 is 1.90 bits per heavy atom. The summed E-state index contributed by atoms with van der Waals surface area (Å²) < 4.78 is 0. The van der Waals surface area contributed by atoms with E-state index in [1.54, 1.807) is 0 Å². The molecule has 0 radical (unpaired) electrons. The summed E-state index contributed by atoms with van der Waals surface area (Å²) in [5, 5.41) is 2.07. The maximum atomic E-state index is 11.4. The van der Waals surface area contributed by atoms with E-state index in [9.17, 15) is 4.79 Å². The van der Waals surface area contributed by atoms with Gasteiger partial charge in [0.05, 0.1) is 18.6 Å². The molecule has 1 aromatic carbocycles. The van der Waals surface area contributed by atoms with Gasteiger partial charge in [0.25, 0.3) is 0 Å². The lowest BCUT2D eigenvalue weighted by Gasteiger charge is -2.34. The van der Waals surface area contributed by atoms with Gasteiger partial charge in [-0.2, -0.15) is 5.06 Å². The van der Waals surface area contributed by atoms with Crippen LogP contribution in [0.5, 0.6) is 0 Å². The Hall–Kier alpha value is -1.19. The highest BCUT2D eigenvalue weighted by Gasteiger charge is 2.40. The monoisotopic (exact) mass is 273 g/mol. The average Bonchev–Trinajstić information content (AvgIpc) is 2.92. The van der Waals surface area contributed by atoms with Crippen LogP contribution >= 0.6 is 0 Å². The molecular weight excluding hydrogens is 250 g/mol. The second kappa shape index (κ2) is 6.51. The summed E-state index contributed by atoms with van der Waals surface area (Å²) in [4.78, 5) is 17.2. The third kappa shape index (κ3) is 2.94. The Kier molecular flexibility index (Phi) is 4.48. The molecule has 3 rings (SSSR count). The van der Waals surface area contributed by atoms with Crippen molar-refractivity contribution < 1.29 is 9.63 Å². The summed E-state index contributed by atoms with van der Waals surface area (Å²) in [6.07, 6.45) is 7.52. The number of benzene rings is 1. The van der Waals surface area contributed by atoms with Crippen molar-refractivity contribution in [3.05, 3.63) is 35.9 Å². The third-order valence-corrected chi connectivity index (χ3v) is 4.69. The number of hydrogen-bond acceptors (Lipinski definition) is 3. The van der Waals surface area contributed by atoms with Crippen LogP contribution in [0.1, 0.15) is 37.7 Å². The maximum absolute atomic E-state index is 11.4. The molecule has 2 aliphatic rings. The topological polar surface area (TPSA) is 29.5 Å². The van der Waals surface area contributed by atoms with Gasteiger partial charge in [-0.3, -0.25) is 4.84 Å². The first-order valence-electron chi connectivity index (χ1n) is 7.77. The smallest absolute Gasteiger partial charge is 0.127 e. The van der Waals surface area contributed by atoms with Gasteiger partial charge in [0.1, 0.15) is 6.29 Å². The van der Waals surface area contributed by atoms with Gasteiger partial charge in [-0.25, -0.2) is 0 Å². The van der Waals surface area contributed by atoms with Gasteiger partial charge >= 0.3 is 0 Å². The molecule has 1 aromatic rings. The van der Waals surface area contributed by atoms with Crippen LogP contribution in [-0.4, -0.2) is 24.0 Å². The van der Waals surface area contributed by atoms with E-state index >= 15 is 0 Å². The molecule has 0 spiro atoms. The van der Waals surface area contributed by atoms with Crippen molar-refractivity contribution in [1.29, 1.82) is 0 Å². The molecule has 2 fully saturated rings. The molecule has 1 aliphatic carbocycles. The second-order valence-corrected chi connectivity index (χ2v) is 6.05. The number of carbonyl (C=O) groups excluding carboxylic acids is 1. The van der Waals surface area contributed by atoms with Gasteiger partial charge in [-0.05, 0) is 24.3 Å². The number of aldehydes is 1. The molecule has 1 aliphatic heterocycles. The number of nitrogens with zero attached hydrogens (tertiary/aromatic N) is 1. The minimum atomic E-state index is 0.0433. The van der Waals surface area contributed by atoms with E-state index in [1.807, 2.05) is 6.07 Å². The Morgan fingerprint density at radius 3 is 2.60 bits per heavy atom. The second-order valence-electron chi connectivity index (χ2n) is 6.05. The Labute approximate surface area is 120 Å². The zero-order valence-corrected chi connectivity index (χ0v) is 11.9. The van der Waals surface area contributed by atoms with E-state index in [0.29, 0.717) is 12.5 Å². The van der Waals surface area contributed by atoms with E-state index < -0.39 is 0 Å². The predicted molar refractivity (Wildman–Crippen MR) is 77.9 cm³/mol. The summed E-state index contributed by atoms with van der Waals surface area (Å²) in [6.45, 7) is 1.34. The highest BCUT2D eigenvalue weighted by molar-refractivity contribution is 5.55. The van der Waals surface area contributed by atoms with Crippen molar-refractivity contribution in [2.24, 2.45) is 11.8 Å². The molecule has 1 heterocycles. The van der Waals surface area contributed by atoms with Crippen LogP contribution in [0.3, 0.4) is 0 Å². The van der Waals surface area contributed by atoms with Crippen molar-refractivity contribution in [3.8, 4) is 0 Å². The normalized spacial score (nSPS) is 28.6. The van der Waals surface area contributed by atoms with Crippen LogP contribution in [-0.2, 0) is 16.2 Å². The number of hydrogen-bond donors (Lipinski definition) is 0. The molecule has 1 saturated heterocycles. The highest BCUT2D eigenvalue weighted by atomic mass is 16.7. The molecule has 0 amide bonds. The fourth-order valence-corrected chi connectivity index (χ4v) is 3.67. The van der Waals surface area contributed by atoms with Crippen molar-refractivity contribution in [3.63, 3.8) is 0 Å². The summed E-state index contributed by atoms with van der Waals surface area (Å²) >= 11 is 0. The first kappa shape index (κ1) is 13.8. The lowest BCUT2D eigenvalue weighted by Crippen LogP contribution is -2.39. The number of carbonyl (C=O) groups is 1. The summed E-state index contributed by atoms with van der Waals surface area (Å²) in [6, 6.07) is 10.6. The standard InChI is InChI=1S/C17H23NO2/c19-12-16-13-20-18(11-14-7-3-1-4-8-14)17(16)15-9-5-2-6-10-15/h1,3-4,7-8,12,15-17H,2,5-6,9-11,13H2/t16-,17-/m1/s1. The zero-order chi connectivity index (χ0) is 13.8. The average molecular weight is 273 g/mol. The van der Waals surface area contributed by atoms with E-state index in [-0.39, 0.29) is 12.0 Å². The molecule has 3 nitrogen and oxygen atoms in total. The zero-order valence-electron chi connectivity index (χ0n) is 11.9. The molecule has 0 bridgehead atoms. The van der Waals surface area contributed by atoms with Gasteiger partial charge < -0.3 is 4.79 Å². The van der Waals surface area contributed by atoms with Crippen LogP contribution in [0.2, 0.25) is 0 Å². The highest BCUT2D eigenvalue weighted by Crippen LogP contribution is 2.36. The fourth-order valence-electron chi connectivity index (χ4n) is 3.67. The first-order valence-corrected chi connectivity index (χ1v) is 7.77. The van der Waals surface area contributed by atoms with E-state index in [4.69, 9.17) is 4.84 Å². The summed E-state index contributed by atoms with van der Waals surface area (Å²) in [7, 11) is 0. The fraction of sp³-hybridized carbons (Fsp3) is 0.588. The van der Waals surface area contributed by atoms with E-state index in [1.165, 1.54) is 37.7 Å². The lowest BCUT2D eigenvalue weighted by atomic mass is 9.79. The first-order chi connectivity index (χ1) is 9.88. The largest absolute Gasteiger partial charge is 0.303 e. The van der Waals surface area contributed by atoms with E-state index in [2.05, 4.69) is 29.3 Å². The minimum Gasteiger partial charge on any atom is -0.303 e. The van der Waals surface area contributed by atoms with Crippen molar-refractivity contribution in [2.45, 2.75) is 44.7 Å². The quantitative estimate of drug-likeness (QED) is 0.789. The van der Waals surface area contributed by atoms with Gasteiger partial charge in [0.15, 0.2) is 0 Å². The molecule has 20 heavy (non-hydrogen) atoms. The SMILES string of the molecule is O=C[C@@H]1CON(Cc2ccccc2)[C@@H]1C1CCCCC1. The molecule has 0 N–H and O–H groups in total. The third-order valence-electron chi connectivity index (χ3n) is 4.69. The van der Waals surface area contributed by atoms with Crippen LogP contribution < -0.4 is 0 Å². The molecule has 2 atom stereocenters. The van der Waals surface area contributed by atoms with Crippen LogP contribution in [0, 0.1) is 11.8 Å². The van der Waals surface area contributed by atoms with Crippen LogP contribution in [0.15, 0.2) is 30.3 Å². The van der Waals surface area contributed by atoms with Crippen LogP contribution in [0.25, 0.3) is 0 Å². The lowest BCUT2D eigenvalue weighted by molar-refractivity contribution is -0.151. The minimum absolute atomic E-state index is 0.0433. The Morgan fingerprint density at radius 1 is 1.15 bits per heavy atom. The maximum Gasteiger partial charge on any atom is 0.127 e. The molecule has 108 valence electrons. The van der Waals surface area contributed by atoms with Crippen LogP contribution in [0.4, 0.5) is 0 Å².